The minimum absolute atomic E-state index is 0.210. The SMILES string of the molecule is NC(=O)OCCCCc1ccc(OCc2coc(C=Cc3ccc(C(F)(F)F)cc3)n2)cc1. The first kappa shape index (κ1) is 23.9. The van der Waals surface area contributed by atoms with Gasteiger partial charge >= 0.3 is 12.3 Å². The van der Waals surface area contributed by atoms with Crippen molar-refractivity contribution in [3.05, 3.63) is 83.1 Å². The van der Waals surface area contributed by atoms with Gasteiger partial charge in [0.15, 0.2) is 0 Å². The lowest BCUT2D eigenvalue weighted by Gasteiger charge is -2.06. The molecule has 9 heteroatoms. The van der Waals surface area contributed by atoms with Crippen LogP contribution in [0.2, 0.25) is 0 Å². The molecule has 3 aromatic rings. The van der Waals surface area contributed by atoms with E-state index in [9.17, 15) is 18.0 Å². The maximum atomic E-state index is 12.6. The minimum Gasteiger partial charge on any atom is -0.487 e. The van der Waals surface area contributed by atoms with Gasteiger partial charge in [-0.3, -0.25) is 0 Å². The number of oxazole rings is 1. The summed E-state index contributed by atoms with van der Waals surface area (Å²) < 4.78 is 53.6. The number of aryl methyl sites for hydroxylation is 1. The Labute approximate surface area is 188 Å². The van der Waals surface area contributed by atoms with E-state index in [0.29, 0.717) is 29.5 Å². The van der Waals surface area contributed by atoms with Crippen LogP contribution in [0.15, 0.2) is 59.2 Å². The van der Waals surface area contributed by atoms with Crippen LogP contribution >= 0.6 is 0 Å². The molecule has 0 saturated carbocycles. The van der Waals surface area contributed by atoms with E-state index in [1.165, 1.54) is 18.4 Å². The molecule has 0 aliphatic heterocycles. The number of rotatable bonds is 10. The topological polar surface area (TPSA) is 87.6 Å². The third kappa shape index (κ3) is 8.03. The van der Waals surface area contributed by atoms with Gasteiger partial charge in [-0.25, -0.2) is 9.78 Å². The molecule has 0 fully saturated rings. The molecule has 0 bridgehead atoms. The van der Waals surface area contributed by atoms with Crippen LogP contribution in [0.1, 0.15) is 41.1 Å². The third-order valence-electron chi connectivity index (χ3n) is 4.64. The number of carbonyl (C=O) groups is 1. The Balaban J connectivity index is 1.44. The Morgan fingerprint density at radius 1 is 1.03 bits per heavy atom. The van der Waals surface area contributed by atoms with Crippen LogP contribution in [0.4, 0.5) is 18.0 Å². The molecule has 1 heterocycles. The number of unbranched alkanes of at least 4 members (excludes halogenated alkanes) is 1. The van der Waals surface area contributed by atoms with Crippen LogP contribution in [0, 0.1) is 0 Å². The van der Waals surface area contributed by atoms with Crippen LogP contribution < -0.4 is 10.5 Å². The van der Waals surface area contributed by atoms with E-state index in [4.69, 9.17) is 19.6 Å². The van der Waals surface area contributed by atoms with Gasteiger partial charge < -0.3 is 19.6 Å². The molecule has 0 spiro atoms. The van der Waals surface area contributed by atoms with Crippen molar-refractivity contribution in [2.24, 2.45) is 5.73 Å². The van der Waals surface area contributed by atoms with Gasteiger partial charge in [0.1, 0.15) is 24.3 Å². The number of carbonyl (C=O) groups excluding carboxylic acids is 1. The second kappa shape index (κ2) is 11.2. The molecule has 0 atom stereocenters. The summed E-state index contributed by atoms with van der Waals surface area (Å²) >= 11 is 0. The molecule has 1 aromatic heterocycles. The molecular weight excluding hydrogens is 437 g/mol. The fourth-order valence-electron chi connectivity index (χ4n) is 2.93. The normalized spacial score (nSPS) is 11.6. The lowest BCUT2D eigenvalue weighted by Crippen LogP contribution is -2.13. The Morgan fingerprint density at radius 2 is 1.76 bits per heavy atom. The van der Waals surface area contributed by atoms with Crippen molar-refractivity contribution in [1.29, 1.82) is 0 Å². The van der Waals surface area contributed by atoms with Gasteiger partial charge in [-0.2, -0.15) is 13.2 Å². The summed E-state index contributed by atoms with van der Waals surface area (Å²) in [6, 6.07) is 12.5. The molecule has 2 N–H and O–H groups in total. The quantitative estimate of drug-likeness (QED) is 0.383. The van der Waals surface area contributed by atoms with Crippen molar-refractivity contribution in [3.63, 3.8) is 0 Å². The van der Waals surface area contributed by atoms with Crippen LogP contribution in [-0.2, 0) is 23.9 Å². The van der Waals surface area contributed by atoms with Crippen molar-refractivity contribution in [3.8, 4) is 5.75 Å². The molecule has 2 aromatic carbocycles. The van der Waals surface area contributed by atoms with Crippen molar-refractivity contribution in [1.82, 2.24) is 4.98 Å². The number of halogens is 3. The average Bonchev–Trinajstić information content (AvgIpc) is 3.24. The van der Waals surface area contributed by atoms with Gasteiger partial charge in [-0.05, 0) is 60.7 Å². The summed E-state index contributed by atoms with van der Waals surface area (Å²) in [5.74, 6) is 1.00. The summed E-state index contributed by atoms with van der Waals surface area (Å²) in [5, 5.41) is 0. The molecule has 33 heavy (non-hydrogen) atoms. The largest absolute Gasteiger partial charge is 0.487 e. The van der Waals surface area contributed by atoms with E-state index < -0.39 is 17.8 Å². The van der Waals surface area contributed by atoms with Gasteiger partial charge in [0.25, 0.3) is 0 Å². The molecule has 0 aliphatic rings. The zero-order valence-corrected chi connectivity index (χ0v) is 17.7. The van der Waals surface area contributed by atoms with E-state index in [1.807, 2.05) is 24.3 Å². The standard InChI is InChI=1S/C24H23F3N2O4/c25-24(26,27)19-9-4-18(5-10-19)8-13-22-29-20(16-33-22)15-32-21-11-6-17(7-12-21)3-1-2-14-31-23(28)30/h4-13,16H,1-3,14-15H2,(H2,28,30). The maximum absolute atomic E-state index is 12.6. The van der Waals surface area contributed by atoms with Gasteiger partial charge in [-0.15, -0.1) is 0 Å². The molecule has 6 nitrogen and oxygen atoms in total. The molecule has 0 saturated heterocycles. The highest BCUT2D eigenvalue weighted by Gasteiger charge is 2.29. The number of nitrogens with two attached hydrogens (primary N) is 1. The van der Waals surface area contributed by atoms with Crippen molar-refractivity contribution >= 4 is 18.2 Å². The molecule has 3 rings (SSSR count). The second-order valence-corrected chi connectivity index (χ2v) is 7.19. The lowest BCUT2D eigenvalue weighted by molar-refractivity contribution is -0.137. The Kier molecular flexibility index (Phi) is 8.12. The molecular formula is C24H23F3N2O4. The van der Waals surface area contributed by atoms with Crippen LogP contribution in [-0.4, -0.2) is 17.7 Å². The van der Waals surface area contributed by atoms with Gasteiger partial charge in [0.05, 0.1) is 12.2 Å². The van der Waals surface area contributed by atoms with Gasteiger partial charge in [-0.1, -0.05) is 24.3 Å². The monoisotopic (exact) mass is 460 g/mol. The fourth-order valence-corrected chi connectivity index (χ4v) is 2.93. The fraction of sp³-hybridized carbons (Fsp3) is 0.250. The Morgan fingerprint density at radius 3 is 2.42 bits per heavy atom. The number of aromatic nitrogens is 1. The maximum Gasteiger partial charge on any atom is 0.416 e. The molecule has 0 radical (unpaired) electrons. The summed E-state index contributed by atoms with van der Waals surface area (Å²) in [7, 11) is 0. The predicted molar refractivity (Wildman–Crippen MR) is 116 cm³/mol. The Hall–Kier alpha value is -3.75. The Bertz CT molecular complexity index is 1060. The summed E-state index contributed by atoms with van der Waals surface area (Å²) in [4.78, 5) is 14.8. The molecule has 0 unspecified atom stereocenters. The summed E-state index contributed by atoms with van der Waals surface area (Å²) in [6.07, 6.45) is 2.01. The molecule has 0 aliphatic carbocycles. The van der Waals surface area contributed by atoms with Crippen molar-refractivity contribution < 1.29 is 31.9 Å². The smallest absolute Gasteiger partial charge is 0.416 e. The second-order valence-electron chi connectivity index (χ2n) is 7.19. The number of alkyl halides is 3. The zero-order chi connectivity index (χ0) is 23.7. The number of nitrogens with zero attached hydrogens (tertiary/aromatic N) is 1. The van der Waals surface area contributed by atoms with Crippen molar-refractivity contribution in [2.45, 2.75) is 32.0 Å². The number of benzene rings is 2. The van der Waals surface area contributed by atoms with E-state index in [0.717, 1.165) is 37.0 Å². The van der Waals surface area contributed by atoms with Gasteiger partial charge in [0, 0.05) is 6.08 Å². The highest BCUT2D eigenvalue weighted by atomic mass is 19.4. The van der Waals surface area contributed by atoms with Crippen LogP contribution in [0.25, 0.3) is 12.2 Å². The van der Waals surface area contributed by atoms with E-state index in [-0.39, 0.29) is 6.61 Å². The highest BCUT2D eigenvalue weighted by Crippen LogP contribution is 2.29. The average molecular weight is 460 g/mol. The molecule has 1 amide bonds. The molecule has 174 valence electrons. The number of primary amides is 1. The van der Waals surface area contributed by atoms with Crippen molar-refractivity contribution in [2.75, 3.05) is 6.61 Å². The number of hydrogen-bond donors (Lipinski definition) is 1. The van der Waals surface area contributed by atoms with E-state index >= 15 is 0 Å². The van der Waals surface area contributed by atoms with E-state index in [1.54, 1.807) is 12.2 Å². The zero-order valence-electron chi connectivity index (χ0n) is 17.7. The lowest BCUT2D eigenvalue weighted by atomic mass is 10.1. The third-order valence-corrected chi connectivity index (χ3v) is 4.64. The first-order chi connectivity index (χ1) is 15.8. The number of amides is 1. The van der Waals surface area contributed by atoms with Crippen LogP contribution in [0.5, 0.6) is 5.75 Å². The van der Waals surface area contributed by atoms with Gasteiger partial charge in [0.2, 0.25) is 5.89 Å². The van der Waals surface area contributed by atoms with E-state index in [2.05, 4.69) is 4.98 Å². The minimum atomic E-state index is -4.36. The summed E-state index contributed by atoms with van der Waals surface area (Å²) in [5.41, 5.74) is 6.53. The predicted octanol–water partition coefficient (Wildman–Crippen LogP) is 5.86. The number of ether oxygens (including phenoxy) is 2. The summed E-state index contributed by atoms with van der Waals surface area (Å²) in [6.45, 7) is 0.525. The van der Waals surface area contributed by atoms with Crippen LogP contribution in [0.3, 0.4) is 0 Å². The first-order valence-electron chi connectivity index (χ1n) is 10.2. The highest BCUT2D eigenvalue weighted by molar-refractivity contribution is 5.66. The number of hydrogen-bond acceptors (Lipinski definition) is 5. The first-order valence-corrected chi connectivity index (χ1v) is 10.2.